The summed E-state index contributed by atoms with van der Waals surface area (Å²) in [5, 5.41) is 2.99. The molecular formula is C12H17N3S. The lowest BCUT2D eigenvalue weighted by Gasteiger charge is -1.96. The molecule has 0 saturated heterocycles. The van der Waals surface area contributed by atoms with Crippen molar-refractivity contribution < 1.29 is 0 Å². The first-order chi connectivity index (χ1) is 7.79. The van der Waals surface area contributed by atoms with Crippen LogP contribution in [0, 0.1) is 0 Å². The molecule has 4 heteroatoms. The van der Waals surface area contributed by atoms with Gasteiger partial charge in [-0.3, -0.25) is 0 Å². The van der Waals surface area contributed by atoms with Crippen LogP contribution in [0.25, 0.3) is 10.7 Å². The second-order valence-corrected chi connectivity index (χ2v) is 3.80. The Bertz CT molecular complexity index is 437. The summed E-state index contributed by atoms with van der Waals surface area (Å²) in [5.41, 5.74) is 7.56. The van der Waals surface area contributed by atoms with E-state index in [-0.39, 0.29) is 0 Å². The number of nitrogens with zero attached hydrogens (tertiary/aromatic N) is 2. The van der Waals surface area contributed by atoms with Gasteiger partial charge in [-0.1, -0.05) is 26.8 Å². The summed E-state index contributed by atoms with van der Waals surface area (Å²) in [5.74, 6) is 0.538. The Hall–Kier alpha value is -1.42. The van der Waals surface area contributed by atoms with Gasteiger partial charge in [-0.15, -0.1) is 11.3 Å². The van der Waals surface area contributed by atoms with E-state index in [9.17, 15) is 0 Å². The molecule has 0 aromatic carbocycles. The number of thiazole rings is 1. The van der Waals surface area contributed by atoms with Crippen molar-refractivity contribution in [2.75, 3.05) is 5.73 Å². The van der Waals surface area contributed by atoms with Gasteiger partial charge in [-0.25, -0.2) is 9.97 Å². The Labute approximate surface area is 100 Å². The Morgan fingerprint density at radius 2 is 2.00 bits per heavy atom. The minimum Gasteiger partial charge on any atom is -0.384 e. The van der Waals surface area contributed by atoms with E-state index in [0.717, 1.165) is 22.8 Å². The van der Waals surface area contributed by atoms with Gasteiger partial charge in [0.1, 0.15) is 16.5 Å². The maximum Gasteiger partial charge on any atom is 0.142 e. The van der Waals surface area contributed by atoms with Crippen LogP contribution in [-0.2, 0) is 6.42 Å². The topological polar surface area (TPSA) is 51.8 Å². The number of anilines is 1. The first kappa shape index (κ1) is 12.6. The molecule has 2 heterocycles. The lowest BCUT2D eigenvalue weighted by Crippen LogP contribution is -1.91. The molecule has 0 fully saturated rings. The smallest absolute Gasteiger partial charge is 0.142 e. The lowest BCUT2D eigenvalue weighted by atomic mass is 10.3. The van der Waals surface area contributed by atoms with E-state index in [1.54, 1.807) is 17.4 Å². The monoisotopic (exact) mass is 235 g/mol. The van der Waals surface area contributed by atoms with Crippen LogP contribution in [0.1, 0.15) is 26.5 Å². The molecule has 0 atom stereocenters. The number of aryl methyl sites for hydroxylation is 1. The van der Waals surface area contributed by atoms with Crippen molar-refractivity contribution in [1.29, 1.82) is 0 Å². The van der Waals surface area contributed by atoms with Crippen molar-refractivity contribution in [2.45, 2.75) is 27.2 Å². The number of nitrogen functional groups attached to an aromatic ring is 1. The van der Waals surface area contributed by atoms with Gasteiger partial charge in [0.15, 0.2) is 0 Å². The van der Waals surface area contributed by atoms with Gasteiger partial charge in [-0.05, 0) is 18.6 Å². The van der Waals surface area contributed by atoms with E-state index >= 15 is 0 Å². The summed E-state index contributed by atoms with van der Waals surface area (Å²) in [6, 6.07) is 5.59. The van der Waals surface area contributed by atoms with E-state index in [2.05, 4.69) is 22.3 Å². The molecule has 2 aromatic rings. The molecule has 0 amide bonds. The van der Waals surface area contributed by atoms with Gasteiger partial charge >= 0.3 is 0 Å². The number of hydrogen-bond acceptors (Lipinski definition) is 4. The summed E-state index contributed by atoms with van der Waals surface area (Å²) in [6.07, 6.45) is 0.957. The van der Waals surface area contributed by atoms with E-state index < -0.39 is 0 Å². The van der Waals surface area contributed by atoms with Crippen LogP contribution in [0.3, 0.4) is 0 Å². The van der Waals surface area contributed by atoms with Crippen molar-refractivity contribution in [3.8, 4) is 10.7 Å². The number of rotatable bonds is 2. The molecule has 86 valence electrons. The molecule has 2 aromatic heterocycles. The Kier molecular flexibility index (Phi) is 4.92. The van der Waals surface area contributed by atoms with E-state index in [4.69, 9.17) is 5.73 Å². The zero-order valence-corrected chi connectivity index (χ0v) is 10.7. The summed E-state index contributed by atoms with van der Waals surface area (Å²) < 4.78 is 0. The van der Waals surface area contributed by atoms with Gasteiger partial charge in [0, 0.05) is 5.38 Å². The molecule has 0 radical (unpaired) electrons. The van der Waals surface area contributed by atoms with E-state index in [0.29, 0.717) is 5.82 Å². The van der Waals surface area contributed by atoms with Gasteiger partial charge < -0.3 is 5.73 Å². The van der Waals surface area contributed by atoms with E-state index in [1.165, 1.54) is 0 Å². The van der Waals surface area contributed by atoms with Crippen molar-refractivity contribution in [1.82, 2.24) is 9.97 Å². The van der Waals surface area contributed by atoms with Crippen LogP contribution in [-0.4, -0.2) is 9.97 Å². The van der Waals surface area contributed by atoms with Crippen LogP contribution in [0.2, 0.25) is 0 Å². The SMILES string of the molecule is CC.CCc1csc(-c2cccc(N)n2)n1. The molecule has 0 aliphatic rings. The summed E-state index contributed by atoms with van der Waals surface area (Å²) >= 11 is 1.61. The normalized spacial score (nSPS) is 9.44. The van der Waals surface area contributed by atoms with Crippen LogP contribution in [0.5, 0.6) is 0 Å². The molecule has 0 aliphatic heterocycles. The van der Waals surface area contributed by atoms with Gasteiger partial charge in [0.2, 0.25) is 0 Å². The Morgan fingerprint density at radius 3 is 2.56 bits per heavy atom. The highest BCUT2D eigenvalue weighted by molar-refractivity contribution is 7.13. The summed E-state index contributed by atoms with van der Waals surface area (Å²) in [7, 11) is 0. The number of nitrogens with two attached hydrogens (primary N) is 1. The van der Waals surface area contributed by atoms with Crippen molar-refractivity contribution in [2.24, 2.45) is 0 Å². The first-order valence-corrected chi connectivity index (χ1v) is 6.35. The maximum atomic E-state index is 5.60. The minimum atomic E-state index is 0.538. The third kappa shape index (κ3) is 3.03. The average molecular weight is 235 g/mol. The quantitative estimate of drug-likeness (QED) is 0.868. The van der Waals surface area contributed by atoms with E-state index in [1.807, 2.05) is 26.0 Å². The molecule has 2 N–H and O–H groups in total. The number of hydrogen-bond donors (Lipinski definition) is 1. The highest BCUT2D eigenvalue weighted by atomic mass is 32.1. The first-order valence-electron chi connectivity index (χ1n) is 5.47. The predicted molar refractivity (Wildman–Crippen MR) is 70.5 cm³/mol. The third-order valence-electron chi connectivity index (χ3n) is 1.90. The fraction of sp³-hybridized carbons (Fsp3) is 0.333. The molecule has 2 rings (SSSR count). The minimum absolute atomic E-state index is 0.538. The predicted octanol–water partition coefficient (Wildman–Crippen LogP) is 3.38. The highest BCUT2D eigenvalue weighted by Gasteiger charge is 2.04. The van der Waals surface area contributed by atoms with Crippen LogP contribution in [0.4, 0.5) is 5.82 Å². The molecule has 3 nitrogen and oxygen atoms in total. The van der Waals surface area contributed by atoms with Crippen LogP contribution in [0.15, 0.2) is 23.6 Å². The third-order valence-corrected chi connectivity index (χ3v) is 2.82. The standard InChI is InChI=1S/C10H11N3S.C2H6/c1-2-7-6-14-10(12-7)8-4-3-5-9(11)13-8;1-2/h3-6H,2H2,1H3,(H2,11,13);1-2H3. The maximum absolute atomic E-state index is 5.60. The fourth-order valence-corrected chi connectivity index (χ4v) is 2.03. The molecular weight excluding hydrogens is 218 g/mol. The largest absolute Gasteiger partial charge is 0.384 e. The Balaban J connectivity index is 0.000000606. The average Bonchev–Trinajstić information content (AvgIpc) is 2.80. The van der Waals surface area contributed by atoms with Crippen molar-refractivity contribution in [3.05, 3.63) is 29.3 Å². The molecule has 0 spiro atoms. The second-order valence-electron chi connectivity index (χ2n) is 2.95. The molecule has 0 saturated carbocycles. The number of aromatic nitrogens is 2. The molecule has 0 bridgehead atoms. The van der Waals surface area contributed by atoms with Gasteiger partial charge in [0.25, 0.3) is 0 Å². The highest BCUT2D eigenvalue weighted by Crippen LogP contribution is 2.22. The zero-order chi connectivity index (χ0) is 12.0. The molecule has 0 unspecified atom stereocenters. The summed E-state index contributed by atoms with van der Waals surface area (Å²) in [6.45, 7) is 6.09. The van der Waals surface area contributed by atoms with Crippen LogP contribution < -0.4 is 5.73 Å². The Morgan fingerprint density at radius 1 is 1.25 bits per heavy atom. The fourth-order valence-electron chi connectivity index (χ4n) is 1.16. The van der Waals surface area contributed by atoms with Crippen LogP contribution >= 0.6 is 11.3 Å². The second kappa shape index (κ2) is 6.23. The lowest BCUT2D eigenvalue weighted by molar-refractivity contribution is 1.06. The van der Waals surface area contributed by atoms with Gasteiger partial charge in [-0.2, -0.15) is 0 Å². The van der Waals surface area contributed by atoms with Crippen molar-refractivity contribution in [3.63, 3.8) is 0 Å². The van der Waals surface area contributed by atoms with Gasteiger partial charge in [0.05, 0.1) is 5.69 Å². The molecule has 16 heavy (non-hydrogen) atoms. The zero-order valence-electron chi connectivity index (χ0n) is 9.90. The molecule has 0 aliphatic carbocycles. The summed E-state index contributed by atoms with van der Waals surface area (Å²) in [4.78, 5) is 8.66. The van der Waals surface area contributed by atoms with Crippen molar-refractivity contribution >= 4 is 17.2 Å². The number of pyridine rings is 1.